The summed E-state index contributed by atoms with van der Waals surface area (Å²) in [6.07, 6.45) is 6.34. The van der Waals surface area contributed by atoms with Crippen LogP contribution in [-0.2, 0) is 17.6 Å². The summed E-state index contributed by atoms with van der Waals surface area (Å²) < 4.78 is 0. The number of nitrogens with zero attached hydrogens (tertiary/aromatic N) is 1. The summed E-state index contributed by atoms with van der Waals surface area (Å²) in [5, 5.41) is 4.36. The van der Waals surface area contributed by atoms with Gasteiger partial charge in [0.2, 0.25) is 6.41 Å². The molecule has 0 saturated carbocycles. The summed E-state index contributed by atoms with van der Waals surface area (Å²) in [4.78, 5) is 17.1. The number of carbonyl (C=O) groups excluding carboxylic acids is 1. The van der Waals surface area contributed by atoms with Crippen LogP contribution in [0.15, 0.2) is 24.3 Å². The molecule has 1 aliphatic heterocycles. The van der Waals surface area contributed by atoms with E-state index in [1.807, 2.05) is 0 Å². The first-order chi connectivity index (χ1) is 11.8. The van der Waals surface area contributed by atoms with E-state index in [0.717, 1.165) is 38.8 Å². The van der Waals surface area contributed by atoms with E-state index in [9.17, 15) is 4.79 Å². The number of carbonyl (C=O) groups is 1. The zero-order chi connectivity index (χ0) is 16.7. The molecule has 2 N–H and O–H groups in total. The molecule has 126 valence electrons. The minimum absolute atomic E-state index is 0.0988. The van der Waals surface area contributed by atoms with Crippen LogP contribution in [0.3, 0.4) is 0 Å². The first kappa shape index (κ1) is 15.5. The van der Waals surface area contributed by atoms with Gasteiger partial charge in [-0.25, -0.2) is 0 Å². The SMILES string of the molecule is CCCN1C[C@@H](NC=O)C=C2c3cccc4[nH]c(CC)c(c34)C[C@H]21. The quantitative estimate of drug-likeness (QED) is 0.831. The Morgan fingerprint density at radius 3 is 3.00 bits per heavy atom. The number of hydrogen-bond acceptors (Lipinski definition) is 2. The van der Waals surface area contributed by atoms with E-state index in [0.29, 0.717) is 6.04 Å². The van der Waals surface area contributed by atoms with Crippen LogP contribution >= 0.6 is 0 Å². The third kappa shape index (κ3) is 2.28. The second-order valence-electron chi connectivity index (χ2n) is 6.89. The molecule has 0 unspecified atom stereocenters. The average molecular weight is 323 g/mol. The van der Waals surface area contributed by atoms with Crippen molar-refractivity contribution in [3.05, 3.63) is 41.1 Å². The maximum Gasteiger partial charge on any atom is 0.207 e. The van der Waals surface area contributed by atoms with Gasteiger partial charge in [0.15, 0.2) is 0 Å². The van der Waals surface area contributed by atoms with E-state index in [2.05, 4.69) is 53.3 Å². The lowest BCUT2D eigenvalue weighted by molar-refractivity contribution is -0.110. The van der Waals surface area contributed by atoms with Gasteiger partial charge in [-0.2, -0.15) is 0 Å². The van der Waals surface area contributed by atoms with E-state index in [4.69, 9.17) is 0 Å². The molecule has 2 heterocycles. The lowest BCUT2D eigenvalue weighted by Crippen LogP contribution is -2.50. The molecule has 4 rings (SSSR count). The molecule has 2 aliphatic rings. The van der Waals surface area contributed by atoms with Crippen molar-refractivity contribution in [3.63, 3.8) is 0 Å². The molecular weight excluding hydrogens is 298 g/mol. The summed E-state index contributed by atoms with van der Waals surface area (Å²) >= 11 is 0. The van der Waals surface area contributed by atoms with E-state index in [1.54, 1.807) is 0 Å². The van der Waals surface area contributed by atoms with Crippen molar-refractivity contribution >= 4 is 22.9 Å². The Bertz CT molecular complexity index is 805. The van der Waals surface area contributed by atoms with Gasteiger partial charge in [-0.05, 0) is 48.6 Å². The number of aryl methyl sites for hydroxylation is 1. The number of aromatic amines is 1. The van der Waals surface area contributed by atoms with Crippen molar-refractivity contribution in [2.45, 2.75) is 45.2 Å². The van der Waals surface area contributed by atoms with Crippen LogP contribution in [0.4, 0.5) is 0 Å². The van der Waals surface area contributed by atoms with Gasteiger partial charge < -0.3 is 10.3 Å². The van der Waals surface area contributed by atoms with Crippen molar-refractivity contribution < 1.29 is 4.79 Å². The van der Waals surface area contributed by atoms with Gasteiger partial charge in [0.1, 0.15) is 0 Å². The van der Waals surface area contributed by atoms with Gasteiger partial charge >= 0.3 is 0 Å². The van der Waals surface area contributed by atoms with Crippen LogP contribution in [0.5, 0.6) is 0 Å². The normalized spacial score (nSPS) is 23.0. The second kappa shape index (κ2) is 6.10. The molecule has 24 heavy (non-hydrogen) atoms. The molecule has 1 aromatic heterocycles. The summed E-state index contributed by atoms with van der Waals surface area (Å²) in [5.74, 6) is 0. The number of hydrogen-bond donors (Lipinski definition) is 2. The van der Waals surface area contributed by atoms with Crippen LogP contribution in [0, 0.1) is 0 Å². The molecule has 1 aromatic carbocycles. The van der Waals surface area contributed by atoms with Gasteiger partial charge in [0.25, 0.3) is 0 Å². The van der Waals surface area contributed by atoms with Crippen LogP contribution in [0.2, 0.25) is 0 Å². The minimum Gasteiger partial charge on any atom is -0.358 e. The third-order valence-electron chi connectivity index (χ3n) is 5.48. The fourth-order valence-electron chi connectivity index (χ4n) is 4.52. The summed E-state index contributed by atoms with van der Waals surface area (Å²) in [6.45, 7) is 6.41. The van der Waals surface area contributed by atoms with E-state index in [1.165, 1.54) is 33.3 Å². The Kier molecular flexibility index (Phi) is 3.93. The number of fused-ring (bicyclic) bond motifs is 2. The standard InChI is InChI=1S/C20H25N3O/c1-3-8-23-11-13(21-12-24)9-15-14-6-5-7-18-20(14)16(10-19(15)23)17(4-2)22-18/h5-7,9,12-13,19,22H,3-4,8,10-11H2,1-2H3,(H,21,24)/t13-,19+/m0/s1. The number of rotatable bonds is 5. The topological polar surface area (TPSA) is 48.1 Å². The molecule has 1 aliphatic carbocycles. The molecule has 1 amide bonds. The first-order valence-electron chi connectivity index (χ1n) is 9.05. The number of amides is 1. The zero-order valence-corrected chi connectivity index (χ0v) is 14.4. The molecule has 4 nitrogen and oxygen atoms in total. The Morgan fingerprint density at radius 1 is 1.38 bits per heavy atom. The van der Waals surface area contributed by atoms with Crippen molar-refractivity contribution in [3.8, 4) is 0 Å². The Morgan fingerprint density at radius 2 is 2.25 bits per heavy atom. The highest BCUT2D eigenvalue weighted by atomic mass is 16.1. The van der Waals surface area contributed by atoms with Crippen LogP contribution in [-0.4, -0.2) is 41.5 Å². The summed E-state index contributed by atoms with van der Waals surface area (Å²) in [5.41, 5.74) is 6.84. The average Bonchev–Trinajstić information content (AvgIpc) is 2.96. The smallest absolute Gasteiger partial charge is 0.207 e. The largest absolute Gasteiger partial charge is 0.358 e. The molecule has 0 fully saturated rings. The number of benzene rings is 1. The van der Waals surface area contributed by atoms with Crippen LogP contribution in [0.1, 0.15) is 37.1 Å². The van der Waals surface area contributed by atoms with E-state index in [-0.39, 0.29) is 6.04 Å². The molecule has 2 atom stereocenters. The van der Waals surface area contributed by atoms with Gasteiger partial charge in [-0.15, -0.1) is 0 Å². The number of aromatic nitrogens is 1. The van der Waals surface area contributed by atoms with Crippen molar-refractivity contribution in [1.29, 1.82) is 0 Å². The Hall–Kier alpha value is -2.07. The molecule has 0 bridgehead atoms. The lowest BCUT2D eigenvalue weighted by atomic mass is 9.80. The van der Waals surface area contributed by atoms with Gasteiger partial charge in [0.05, 0.1) is 6.04 Å². The zero-order valence-electron chi connectivity index (χ0n) is 14.4. The van der Waals surface area contributed by atoms with E-state index < -0.39 is 0 Å². The van der Waals surface area contributed by atoms with Crippen LogP contribution < -0.4 is 5.32 Å². The lowest BCUT2D eigenvalue weighted by Gasteiger charge is -2.42. The predicted molar refractivity (Wildman–Crippen MR) is 98.0 cm³/mol. The molecule has 0 radical (unpaired) electrons. The maximum atomic E-state index is 11.0. The molecule has 0 saturated heterocycles. The summed E-state index contributed by atoms with van der Waals surface area (Å²) in [7, 11) is 0. The number of H-pyrrole nitrogens is 1. The summed E-state index contributed by atoms with van der Waals surface area (Å²) in [6, 6.07) is 7.08. The highest BCUT2D eigenvalue weighted by Crippen LogP contribution is 2.41. The van der Waals surface area contributed by atoms with E-state index >= 15 is 0 Å². The monoisotopic (exact) mass is 323 g/mol. The maximum absolute atomic E-state index is 11.0. The Labute approximate surface area is 142 Å². The van der Waals surface area contributed by atoms with Gasteiger partial charge in [-0.3, -0.25) is 9.69 Å². The van der Waals surface area contributed by atoms with Gasteiger partial charge in [-0.1, -0.05) is 32.1 Å². The van der Waals surface area contributed by atoms with Gasteiger partial charge in [0, 0.05) is 29.2 Å². The van der Waals surface area contributed by atoms with Crippen molar-refractivity contribution in [2.24, 2.45) is 0 Å². The first-order valence-corrected chi connectivity index (χ1v) is 9.05. The predicted octanol–water partition coefficient (Wildman–Crippen LogP) is 2.88. The fraction of sp³-hybridized carbons (Fsp3) is 0.450. The van der Waals surface area contributed by atoms with Crippen molar-refractivity contribution in [1.82, 2.24) is 15.2 Å². The highest BCUT2D eigenvalue weighted by molar-refractivity contribution is 5.99. The third-order valence-corrected chi connectivity index (χ3v) is 5.48. The molecular formula is C20H25N3O. The second-order valence-corrected chi connectivity index (χ2v) is 6.89. The molecule has 0 spiro atoms. The highest BCUT2D eigenvalue weighted by Gasteiger charge is 2.35. The Balaban J connectivity index is 1.89. The van der Waals surface area contributed by atoms with Crippen LogP contribution in [0.25, 0.3) is 16.5 Å². The molecule has 4 heteroatoms. The fourth-order valence-corrected chi connectivity index (χ4v) is 4.52. The van der Waals surface area contributed by atoms with Crippen molar-refractivity contribution in [2.75, 3.05) is 13.1 Å². The molecule has 2 aromatic rings. The number of nitrogens with one attached hydrogen (secondary N) is 2. The minimum atomic E-state index is 0.0988.